The van der Waals surface area contributed by atoms with Crippen LogP contribution in [0.15, 0.2) is 17.0 Å². The van der Waals surface area contributed by atoms with E-state index in [2.05, 4.69) is 4.74 Å². The third kappa shape index (κ3) is 1.99. The number of benzene rings is 1. The molecule has 1 aromatic carbocycles. The molecular formula is C8H8ClFO3S. The van der Waals surface area contributed by atoms with E-state index in [9.17, 15) is 12.8 Å². The Morgan fingerprint density at radius 2 is 2.00 bits per heavy atom. The monoisotopic (exact) mass is 238 g/mol. The van der Waals surface area contributed by atoms with Gasteiger partial charge in [-0.15, -0.1) is 0 Å². The van der Waals surface area contributed by atoms with Gasteiger partial charge < -0.3 is 4.74 Å². The van der Waals surface area contributed by atoms with Crippen LogP contribution in [0.1, 0.15) is 5.56 Å². The van der Waals surface area contributed by atoms with Crippen molar-refractivity contribution in [1.29, 1.82) is 0 Å². The molecule has 0 aliphatic rings. The van der Waals surface area contributed by atoms with Crippen LogP contribution < -0.4 is 4.74 Å². The standard InChI is InChI=1S/C8H8ClFO3S/c1-5-3-4-6(10)7(13-2)8(5)14(9,11)12/h3-4H,1-2H3. The summed E-state index contributed by atoms with van der Waals surface area (Å²) in [5.41, 5.74) is 0.346. The van der Waals surface area contributed by atoms with Crippen LogP contribution in [-0.2, 0) is 9.05 Å². The molecule has 78 valence electrons. The van der Waals surface area contributed by atoms with Crippen LogP contribution in [0, 0.1) is 12.7 Å². The van der Waals surface area contributed by atoms with Gasteiger partial charge in [-0.2, -0.15) is 0 Å². The van der Waals surface area contributed by atoms with E-state index in [0.717, 1.165) is 6.07 Å². The molecule has 0 atom stereocenters. The first-order valence-electron chi connectivity index (χ1n) is 3.65. The Labute approximate surface area is 85.9 Å². The Kier molecular flexibility index (Phi) is 3.01. The Balaban J connectivity index is 3.63. The fourth-order valence-electron chi connectivity index (χ4n) is 1.13. The highest BCUT2D eigenvalue weighted by Crippen LogP contribution is 2.32. The van der Waals surface area contributed by atoms with E-state index in [1.165, 1.54) is 20.1 Å². The van der Waals surface area contributed by atoms with Gasteiger partial charge in [-0.05, 0) is 18.6 Å². The van der Waals surface area contributed by atoms with Crippen LogP contribution in [0.4, 0.5) is 4.39 Å². The molecule has 0 spiro atoms. The van der Waals surface area contributed by atoms with Gasteiger partial charge in [0.25, 0.3) is 9.05 Å². The maximum absolute atomic E-state index is 13.1. The van der Waals surface area contributed by atoms with Crippen molar-refractivity contribution in [3.63, 3.8) is 0 Å². The third-order valence-electron chi connectivity index (χ3n) is 1.71. The van der Waals surface area contributed by atoms with Crippen molar-refractivity contribution in [3.8, 4) is 5.75 Å². The summed E-state index contributed by atoms with van der Waals surface area (Å²) in [4.78, 5) is -0.318. The average Bonchev–Trinajstić information content (AvgIpc) is 2.06. The Morgan fingerprint density at radius 3 is 2.36 bits per heavy atom. The van der Waals surface area contributed by atoms with Crippen molar-refractivity contribution in [2.75, 3.05) is 7.11 Å². The number of halogens is 2. The third-order valence-corrected chi connectivity index (χ3v) is 3.17. The van der Waals surface area contributed by atoms with E-state index in [1.54, 1.807) is 0 Å². The van der Waals surface area contributed by atoms with Gasteiger partial charge in [-0.1, -0.05) is 6.07 Å². The van der Waals surface area contributed by atoms with Gasteiger partial charge in [0.15, 0.2) is 11.6 Å². The zero-order chi connectivity index (χ0) is 10.9. The van der Waals surface area contributed by atoms with E-state index in [-0.39, 0.29) is 10.6 Å². The second kappa shape index (κ2) is 3.74. The minimum atomic E-state index is -3.99. The highest BCUT2D eigenvalue weighted by atomic mass is 35.7. The van der Waals surface area contributed by atoms with Crippen molar-refractivity contribution in [3.05, 3.63) is 23.5 Å². The molecule has 3 nitrogen and oxygen atoms in total. The molecule has 0 saturated heterocycles. The molecule has 6 heteroatoms. The highest BCUT2D eigenvalue weighted by molar-refractivity contribution is 8.13. The first-order chi connectivity index (χ1) is 6.38. The smallest absolute Gasteiger partial charge is 0.265 e. The highest BCUT2D eigenvalue weighted by Gasteiger charge is 2.22. The lowest BCUT2D eigenvalue weighted by molar-refractivity contribution is 0.374. The van der Waals surface area contributed by atoms with Crippen LogP contribution in [0.2, 0.25) is 0 Å². The average molecular weight is 239 g/mol. The van der Waals surface area contributed by atoms with Crippen LogP contribution in [0.25, 0.3) is 0 Å². The summed E-state index contributed by atoms with van der Waals surface area (Å²) in [5.74, 6) is -1.10. The predicted molar refractivity (Wildman–Crippen MR) is 50.7 cm³/mol. The SMILES string of the molecule is COc1c(F)ccc(C)c1S(=O)(=O)Cl. The lowest BCUT2D eigenvalue weighted by Gasteiger charge is -2.08. The normalized spacial score (nSPS) is 11.4. The van der Waals surface area contributed by atoms with Crippen molar-refractivity contribution >= 4 is 19.7 Å². The number of methoxy groups -OCH3 is 1. The molecule has 0 aliphatic heterocycles. The molecule has 0 N–H and O–H groups in total. The van der Waals surface area contributed by atoms with Crippen molar-refractivity contribution in [2.24, 2.45) is 0 Å². The number of aryl methyl sites for hydroxylation is 1. The zero-order valence-electron chi connectivity index (χ0n) is 7.54. The molecule has 1 aromatic rings. The lowest BCUT2D eigenvalue weighted by atomic mass is 10.2. The van der Waals surface area contributed by atoms with Crippen molar-refractivity contribution < 1.29 is 17.5 Å². The molecular weight excluding hydrogens is 231 g/mol. The maximum Gasteiger partial charge on any atom is 0.265 e. The Hall–Kier alpha value is -0.810. The molecule has 0 aromatic heterocycles. The number of hydrogen-bond donors (Lipinski definition) is 0. The summed E-state index contributed by atoms with van der Waals surface area (Å²) < 4.78 is 40.0. The number of ether oxygens (including phenoxy) is 1. The zero-order valence-corrected chi connectivity index (χ0v) is 9.12. The molecule has 0 heterocycles. The maximum atomic E-state index is 13.1. The summed E-state index contributed by atoms with van der Waals surface area (Å²) in [6.45, 7) is 1.51. The molecule has 0 saturated carbocycles. The van der Waals surface area contributed by atoms with Gasteiger partial charge >= 0.3 is 0 Å². The molecule has 0 aliphatic carbocycles. The fraction of sp³-hybridized carbons (Fsp3) is 0.250. The summed E-state index contributed by atoms with van der Waals surface area (Å²) in [5, 5.41) is 0. The summed E-state index contributed by atoms with van der Waals surface area (Å²) in [7, 11) is 2.34. The van der Waals surface area contributed by atoms with E-state index in [1.807, 2.05) is 0 Å². The summed E-state index contributed by atoms with van der Waals surface area (Å²) in [6.07, 6.45) is 0. The van der Waals surface area contributed by atoms with Gasteiger partial charge in [0.1, 0.15) is 4.90 Å². The molecule has 14 heavy (non-hydrogen) atoms. The van der Waals surface area contributed by atoms with Crippen molar-refractivity contribution in [1.82, 2.24) is 0 Å². The van der Waals surface area contributed by atoms with Gasteiger partial charge in [-0.3, -0.25) is 0 Å². The Morgan fingerprint density at radius 1 is 1.43 bits per heavy atom. The second-order valence-corrected chi connectivity index (χ2v) is 5.17. The van der Waals surface area contributed by atoms with E-state index >= 15 is 0 Å². The van der Waals surface area contributed by atoms with Crippen LogP contribution in [-0.4, -0.2) is 15.5 Å². The van der Waals surface area contributed by atoms with E-state index in [4.69, 9.17) is 10.7 Å². The first kappa shape index (κ1) is 11.3. The second-order valence-electron chi connectivity index (χ2n) is 2.66. The summed E-state index contributed by atoms with van der Waals surface area (Å²) in [6, 6.07) is 2.45. The largest absolute Gasteiger partial charge is 0.492 e. The van der Waals surface area contributed by atoms with Gasteiger partial charge in [0.2, 0.25) is 0 Å². The van der Waals surface area contributed by atoms with E-state index < -0.39 is 14.9 Å². The predicted octanol–water partition coefficient (Wildman–Crippen LogP) is 2.07. The molecule has 0 amide bonds. The van der Waals surface area contributed by atoms with Crippen LogP contribution in [0.3, 0.4) is 0 Å². The minimum absolute atomic E-state index is 0.318. The van der Waals surface area contributed by atoms with Crippen molar-refractivity contribution in [2.45, 2.75) is 11.8 Å². The lowest BCUT2D eigenvalue weighted by Crippen LogP contribution is -2.01. The van der Waals surface area contributed by atoms with Gasteiger partial charge in [0, 0.05) is 10.7 Å². The first-order valence-corrected chi connectivity index (χ1v) is 5.96. The molecule has 0 bridgehead atoms. The van der Waals surface area contributed by atoms with Crippen LogP contribution in [0.5, 0.6) is 5.75 Å². The van der Waals surface area contributed by atoms with Gasteiger partial charge in [-0.25, -0.2) is 12.8 Å². The molecule has 0 fully saturated rings. The number of hydrogen-bond acceptors (Lipinski definition) is 3. The van der Waals surface area contributed by atoms with E-state index in [0.29, 0.717) is 5.56 Å². The van der Waals surface area contributed by atoms with Gasteiger partial charge in [0.05, 0.1) is 7.11 Å². The van der Waals surface area contributed by atoms with Crippen LogP contribution >= 0.6 is 10.7 Å². The fourth-order valence-corrected chi connectivity index (χ4v) is 2.56. The molecule has 0 unspecified atom stereocenters. The Bertz CT molecular complexity index is 456. The quantitative estimate of drug-likeness (QED) is 0.741. The molecule has 1 rings (SSSR count). The number of rotatable bonds is 2. The summed E-state index contributed by atoms with van der Waals surface area (Å²) >= 11 is 0. The topological polar surface area (TPSA) is 43.4 Å². The minimum Gasteiger partial charge on any atom is -0.492 e. The molecule has 0 radical (unpaired) electrons.